The van der Waals surface area contributed by atoms with E-state index in [1.165, 1.54) is 51.5 Å². The van der Waals surface area contributed by atoms with Gasteiger partial charge >= 0.3 is 5.97 Å². The zero-order valence-corrected chi connectivity index (χ0v) is 14.8. The highest BCUT2D eigenvalue weighted by Gasteiger charge is 2.41. The molecule has 2 N–H and O–H groups in total. The molecule has 132 valence electrons. The summed E-state index contributed by atoms with van der Waals surface area (Å²) in [5.74, 6) is 1.70. The molecule has 4 heteroatoms. The first-order valence-corrected chi connectivity index (χ1v) is 9.71. The predicted octanol–water partition coefficient (Wildman–Crippen LogP) is 3.12. The molecule has 0 aromatic carbocycles. The second-order valence-corrected chi connectivity index (χ2v) is 8.51. The predicted molar refractivity (Wildman–Crippen MR) is 92.5 cm³/mol. The van der Waals surface area contributed by atoms with Crippen molar-refractivity contribution >= 4 is 5.97 Å². The molecule has 4 nitrogen and oxygen atoms in total. The van der Waals surface area contributed by atoms with Gasteiger partial charge in [-0.25, -0.2) is 0 Å². The van der Waals surface area contributed by atoms with Gasteiger partial charge in [-0.2, -0.15) is 0 Å². The summed E-state index contributed by atoms with van der Waals surface area (Å²) >= 11 is 0. The number of fused-ring (bicyclic) bond motifs is 1. The average Bonchev–Trinajstić information content (AvgIpc) is 2.48. The molecular weight excluding hydrogens is 288 g/mol. The third-order valence-electron chi connectivity index (χ3n) is 6.70. The highest BCUT2D eigenvalue weighted by Crippen LogP contribution is 2.43. The summed E-state index contributed by atoms with van der Waals surface area (Å²) < 4.78 is 0. The molecule has 0 aromatic rings. The van der Waals surface area contributed by atoms with Crippen LogP contribution in [0.3, 0.4) is 0 Å². The van der Waals surface area contributed by atoms with E-state index in [4.69, 9.17) is 5.11 Å². The van der Waals surface area contributed by atoms with Crippen molar-refractivity contribution in [3.8, 4) is 0 Å². The molecular formula is C19H34N2O2. The molecule has 2 heterocycles. The van der Waals surface area contributed by atoms with E-state index < -0.39 is 5.97 Å². The molecule has 2 saturated heterocycles. The number of likely N-dealkylation sites (tertiary alicyclic amines) is 1. The first-order chi connectivity index (χ1) is 11.0. The van der Waals surface area contributed by atoms with Crippen LogP contribution in [0.5, 0.6) is 0 Å². The fourth-order valence-corrected chi connectivity index (χ4v) is 5.57. The lowest BCUT2D eigenvalue weighted by Crippen LogP contribution is -2.54. The maximum Gasteiger partial charge on any atom is 0.304 e. The lowest BCUT2D eigenvalue weighted by atomic mass is 9.65. The number of piperidine rings is 2. The van der Waals surface area contributed by atoms with Crippen LogP contribution >= 0.6 is 0 Å². The number of rotatable bonds is 4. The Labute approximate surface area is 141 Å². The van der Waals surface area contributed by atoms with Crippen molar-refractivity contribution in [3.05, 3.63) is 0 Å². The Morgan fingerprint density at radius 2 is 2.04 bits per heavy atom. The van der Waals surface area contributed by atoms with Gasteiger partial charge < -0.3 is 15.3 Å². The molecule has 6 atom stereocenters. The number of nitrogens with zero attached hydrogens (tertiary/aromatic N) is 1. The molecule has 0 aromatic heterocycles. The average molecular weight is 322 g/mol. The van der Waals surface area contributed by atoms with Crippen LogP contribution in [0.15, 0.2) is 0 Å². The van der Waals surface area contributed by atoms with Crippen molar-refractivity contribution in [2.45, 2.75) is 82.8 Å². The molecule has 0 bridgehead atoms. The Morgan fingerprint density at radius 3 is 2.78 bits per heavy atom. The van der Waals surface area contributed by atoms with Gasteiger partial charge in [0.2, 0.25) is 0 Å². The fraction of sp³-hybridized carbons (Fsp3) is 0.947. The van der Waals surface area contributed by atoms with Crippen LogP contribution in [-0.4, -0.2) is 47.7 Å². The number of nitrogens with one attached hydrogen (secondary N) is 1. The topological polar surface area (TPSA) is 52.6 Å². The fourth-order valence-electron chi connectivity index (χ4n) is 5.57. The standard InChI is InChI=1S/C19H34N2O2/c1-13-9-14(11-16-5-3-4-8-21(16)2)17-7-6-15(12-19(22)23)20-18(17)10-13/h13-18,20H,3-12H2,1-2H3,(H,22,23)/t13-,14+,15+,16+,17+,18-/m1/s1. The highest BCUT2D eigenvalue weighted by molar-refractivity contribution is 5.67. The van der Waals surface area contributed by atoms with Crippen LogP contribution in [0.1, 0.15) is 64.7 Å². The summed E-state index contributed by atoms with van der Waals surface area (Å²) in [4.78, 5) is 13.6. The van der Waals surface area contributed by atoms with Crippen LogP contribution in [0, 0.1) is 17.8 Å². The first kappa shape index (κ1) is 17.2. The van der Waals surface area contributed by atoms with Gasteiger partial charge in [-0.15, -0.1) is 0 Å². The van der Waals surface area contributed by atoms with E-state index in [1.54, 1.807) is 0 Å². The van der Waals surface area contributed by atoms with Crippen LogP contribution in [-0.2, 0) is 4.79 Å². The van der Waals surface area contributed by atoms with Crippen molar-refractivity contribution in [3.63, 3.8) is 0 Å². The minimum atomic E-state index is -0.662. The SMILES string of the molecule is C[C@@H]1C[C@@H](C[C@@H]2CCCCN2C)[C@@H]2CC[C@@H](CC(=O)O)N[C@@H]2C1. The summed E-state index contributed by atoms with van der Waals surface area (Å²) in [5, 5.41) is 12.8. The minimum absolute atomic E-state index is 0.192. The van der Waals surface area contributed by atoms with Crippen LogP contribution in [0.4, 0.5) is 0 Å². The van der Waals surface area contributed by atoms with E-state index in [2.05, 4.69) is 24.2 Å². The number of aliphatic carboxylic acids is 1. The second kappa shape index (κ2) is 7.52. The monoisotopic (exact) mass is 322 g/mol. The molecule has 1 aliphatic carbocycles. The van der Waals surface area contributed by atoms with Gasteiger partial charge in [-0.1, -0.05) is 13.3 Å². The van der Waals surface area contributed by atoms with Crippen molar-refractivity contribution in [1.29, 1.82) is 0 Å². The number of hydrogen-bond donors (Lipinski definition) is 2. The molecule has 0 amide bonds. The van der Waals surface area contributed by atoms with E-state index in [-0.39, 0.29) is 12.5 Å². The molecule has 2 aliphatic heterocycles. The molecule has 0 spiro atoms. The summed E-state index contributed by atoms with van der Waals surface area (Å²) in [6.07, 6.45) is 10.6. The minimum Gasteiger partial charge on any atom is -0.481 e. The highest BCUT2D eigenvalue weighted by atomic mass is 16.4. The summed E-state index contributed by atoms with van der Waals surface area (Å²) in [6, 6.07) is 1.52. The van der Waals surface area contributed by atoms with E-state index in [0.717, 1.165) is 30.2 Å². The van der Waals surface area contributed by atoms with Gasteiger partial charge in [-0.05, 0) is 76.3 Å². The van der Waals surface area contributed by atoms with Crippen molar-refractivity contribution in [2.24, 2.45) is 17.8 Å². The maximum atomic E-state index is 11.0. The smallest absolute Gasteiger partial charge is 0.304 e. The van der Waals surface area contributed by atoms with Crippen molar-refractivity contribution in [1.82, 2.24) is 10.2 Å². The van der Waals surface area contributed by atoms with Crippen molar-refractivity contribution < 1.29 is 9.90 Å². The van der Waals surface area contributed by atoms with Gasteiger partial charge in [0.05, 0.1) is 6.42 Å². The third kappa shape index (κ3) is 4.27. The zero-order chi connectivity index (χ0) is 16.4. The lowest BCUT2D eigenvalue weighted by Gasteiger charge is -2.48. The van der Waals surface area contributed by atoms with Crippen LogP contribution < -0.4 is 5.32 Å². The quantitative estimate of drug-likeness (QED) is 0.835. The van der Waals surface area contributed by atoms with Crippen molar-refractivity contribution in [2.75, 3.05) is 13.6 Å². The van der Waals surface area contributed by atoms with Gasteiger partial charge in [0.1, 0.15) is 0 Å². The summed E-state index contributed by atoms with van der Waals surface area (Å²) in [7, 11) is 2.30. The van der Waals surface area contributed by atoms with Gasteiger partial charge in [0.15, 0.2) is 0 Å². The normalized spacial score (nSPS) is 42.2. The van der Waals surface area contributed by atoms with Crippen LogP contribution in [0.2, 0.25) is 0 Å². The largest absolute Gasteiger partial charge is 0.481 e. The Morgan fingerprint density at radius 1 is 1.22 bits per heavy atom. The van der Waals surface area contributed by atoms with Gasteiger partial charge in [0.25, 0.3) is 0 Å². The molecule has 3 aliphatic rings. The Bertz CT molecular complexity index is 414. The molecule has 0 unspecified atom stereocenters. The van der Waals surface area contributed by atoms with Gasteiger partial charge in [-0.3, -0.25) is 4.79 Å². The third-order valence-corrected chi connectivity index (χ3v) is 6.70. The molecule has 3 fully saturated rings. The Kier molecular flexibility index (Phi) is 5.63. The molecule has 23 heavy (non-hydrogen) atoms. The maximum absolute atomic E-state index is 11.0. The number of carboxylic acid groups (broad SMARTS) is 1. The van der Waals surface area contributed by atoms with Gasteiger partial charge in [0, 0.05) is 18.1 Å². The zero-order valence-electron chi connectivity index (χ0n) is 14.8. The van der Waals surface area contributed by atoms with E-state index >= 15 is 0 Å². The van der Waals surface area contributed by atoms with E-state index in [0.29, 0.717) is 6.04 Å². The molecule has 3 rings (SSSR count). The molecule has 0 radical (unpaired) electrons. The lowest BCUT2D eigenvalue weighted by molar-refractivity contribution is -0.138. The van der Waals surface area contributed by atoms with E-state index in [1.807, 2.05) is 0 Å². The number of hydrogen-bond acceptors (Lipinski definition) is 3. The Hall–Kier alpha value is -0.610. The summed E-state index contributed by atoms with van der Waals surface area (Å²) in [5.41, 5.74) is 0. The summed E-state index contributed by atoms with van der Waals surface area (Å²) in [6.45, 7) is 3.65. The number of carboxylic acids is 1. The second-order valence-electron chi connectivity index (χ2n) is 8.51. The first-order valence-electron chi connectivity index (χ1n) is 9.71. The van der Waals surface area contributed by atoms with E-state index in [9.17, 15) is 4.79 Å². The number of carbonyl (C=O) groups is 1. The van der Waals surface area contributed by atoms with Crippen LogP contribution in [0.25, 0.3) is 0 Å². The molecule has 1 saturated carbocycles. The Balaban J connectivity index is 1.61.